The van der Waals surface area contributed by atoms with E-state index < -0.39 is 39.6 Å². The van der Waals surface area contributed by atoms with Crippen molar-refractivity contribution in [1.82, 2.24) is 9.21 Å². The molecule has 2 aliphatic rings. The fourth-order valence-electron chi connectivity index (χ4n) is 4.80. The highest BCUT2D eigenvalue weighted by atomic mass is 32.2. The lowest BCUT2D eigenvalue weighted by molar-refractivity contribution is 0.118. The second kappa shape index (κ2) is 9.96. The monoisotopic (exact) mass is 477 g/mol. The number of fused-ring (bicyclic) bond motifs is 2. The van der Waals surface area contributed by atoms with Gasteiger partial charge < -0.3 is 15.4 Å². The van der Waals surface area contributed by atoms with E-state index in [9.17, 15) is 26.4 Å². The summed E-state index contributed by atoms with van der Waals surface area (Å²) in [7, 11) is -2.11. The second-order valence-corrected chi connectivity index (χ2v) is 10.6. The lowest BCUT2D eigenvalue weighted by Gasteiger charge is -2.40. The standard InChI is InChI=1S/C21H30F3N3O4S/c1-3-31-21(28)26(2)6-7-32(29,30)27-15-4-5-16(27)9-14(8-15)20(25)11-13-10-18(23)19(24)12-17(13)22/h10,12,14-16,20H,3-9,11,25H2,1-2H3/t14-,15-,16+,20?. The highest BCUT2D eigenvalue weighted by Crippen LogP contribution is 2.42. The molecule has 0 radical (unpaired) electrons. The molecule has 1 aromatic carbocycles. The number of carbonyl (C=O) groups excluding carboxylic acids is 1. The van der Waals surface area contributed by atoms with Crippen molar-refractivity contribution in [2.45, 2.75) is 57.2 Å². The number of rotatable bonds is 8. The van der Waals surface area contributed by atoms with Crippen molar-refractivity contribution in [2.75, 3.05) is 26.0 Å². The summed E-state index contributed by atoms with van der Waals surface area (Å²) in [6.07, 6.45) is 1.94. The minimum atomic E-state index is -3.60. The van der Waals surface area contributed by atoms with Crippen LogP contribution in [0.3, 0.4) is 0 Å². The third-order valence-electron chi connectivity index (χ3n) is 6.44. The lowest BCUT2D eigenvalue weighted by Crippen LogP contribution is -2.51. The smallest absolute Gasteiger partial charge is 0.409 e. The lowest BCUT2D eigenvalue weighted by atomic mass is 9.83. The second-order valence-electron chi connectivity index (χ2n) is 8.61. The molecule has 2 heterocycles. The van der Waals surface area contributed by atoms with E-state index in [1.807, 2.05) is 0 Å². The number of amides is 1. The zero-order valence-electron chi connectivity index (χ0n) is 18.3. The van der Waals surface area contributed by atoms with Gasteiger partial charge in [-0.2, -0.15) is 4.31 Å². The molecule has 1 amide bonds. The number of sulfonamides is 1. The fraction of sp³-hybridized carbons (Fsp3) is 0.667. The van der Waals surface area contributed by atoms with E-state index in [4.69, 9.17) is 10.5 Å². The average molecular weight is 478 g/mol. The van der Waals surface area contributed by atoms with Crippen LogP contribution >= 0.6 is 0 Å². The number of benzene rings is 1. The number of nitrogens with zero attached hydrogens (tertiary/aromatic N) is 2. The first-order valence-corrected chi connectivity index (χ1v) is 12.4. The summed E-state index contributed by atoms with van der Waals surface area (Å²) in [4.78, 5) is 13.0. The number of piperidine rings is 1. The molecule has 2 bridgehead atoms. The molecule has 0 aromatic heterocycles. The van der Waals surface area contributed by atoms with E-state index in [1.54, 1.807) is 11.2 Å². The Kier molecular flexibility index (Phi) is 7.72. The van der Waals surface area contributed by atoms with Gasteiger partial charge in [-0.1, -0.05) is 0 Å². The van der Waals surface area contributed by atoms with Crippen LogP contribution in [0.5, 0.6) is 0 Å². The molecule has 0 aliphatic carbocycles. The van der Waals surface area contributed by atoms with Crippen LogP contribution in [-0.4, -0.2) is 67.8 Å². The summed E-state index contributed by atoms with van der Waals surface area (Å²) in [5.41, 5.74) is 6.31. The van der Waals surface area contributed by atoms with Crippen molar-refractivity contribution in [3.8, 4) is 0 Å². The van der Waals surface area contributed by atoms with E-state index in [0.29, 0.717) is 31.7 Å². The molecule has 32 heavy (non-hydrogen) atoms. The number of hydrogen-bond donors (Lipinski definition) is 1. The van der Waals surface area contributed by atoms with Crippen molar-refractivity contribution in [3.63, 3.8) is 0 Å². The Morgan fingerprint density at radius 2 is 1.78 bits per heavy atom. The summed E-state index contributed by atoms with van der Waals surface area (Å²) >= 11 is 0. The van der Waals surface area contributed by atoms with E-state index in [1.165, 1.54) is 11.9 Å². The normalized spacial score (nSPS) is 24.4. The van der Waals surface area contributed by atoms with Gasteiger partial charge in [0.05, 0.1) is 12.4 Å². The molecule has 11 heteroatoms. The molecule has 180 valence electrons. The highest BCUT2D eigenvalue weighted by molar-refractivity contribution is 7.89. The van der Waals surface area contributed by atoms with Crippen molar-refractivity contribution in [2.24, 2.45) is 11.7 Å². The molecule has 0 saturated carbocycles. The van der Waals surface area contributed by atoms with E-state index in [0.717, 1.165) is 6.07 Å². The van der Waals surface area contributed by atoms with Crippen LogP contribution < -0.4 is 5.73 Å². The molecule has 7 nitrogen and oxygen atoms in total. The summed E-state index contributed by atoms with van der Waals surface area (Å²) in [5, 5.41) is 0. The maximum atomic E-state index is 14.0. The molecular formula is C21H30F3N3O4S. The van der Waals surface area contributed by atoms with Gasteiger partial charge in [0.25, 0.3) is 0 Å². The summed E-state index contributed by atoms with van der Waals surface area (Å²) in [6, 6.07) is 0.426. The average Bonchev–Trinajstić information content (AvgIpc) is 3.01. The Bertz CT molecular complexity index is 932. The molecule has 3 rings (SSSR count). The first kappa shape index (κ1) is 24.8. The van der Waals surface area contributed by atoms with Gasteiger partial charge >= 0.3 is 6.09 Å². The topological polar surface area (TPSA) is 92.9 Å². The quantitative estimate of drug-likeness (QED) is 0.581. The third-order valence-corrected chi connectivity index (χ3v) is 8.38. The minimum absolute atomic E-state index is 0.0146. The van der Waals surface area contributed by atoms with Gasteiger partial charge in [0.1, 0.15) is 5.82 Å². The molecule has 4 atom stereocenters. The van der Waals surface area contributed by atoms with Gasteiger partial charge in [-0.15, -0.1) is 0 Å². The molecule has 2 aliphatic heterocycles. The van der Waals surface area contributed by atoms with E-state index >= 15 is 0 Å². The van der Waals surface area contributed by atoms with E-state index in [-0.39, 0.29) is 48.9 Å². The largest absolute Gasteiger partial charge is 0.450 e. The Morgan fingerprint density at radius 3 is 2.38 bits per heavy atom. The van der Waals surface area contributed by atoms with Crippen LogP contribution in [0.15, 0.2) is 12.1 Å². The third kappa shape index (κ3) is 5.37. The highest BCUT2D eigenvalue weighted by Gasteiger charge is 2.47. The molecule has 2 N–H and O–H groups in total. The molecular weight excluding hydrogens is 447 g/mol. The van der Waals surface area contributed by atoms with Gasteiger partial charge in [0.2, 0.25) is 10.0 Å². The summed E-state index contributed by atoms with van der Waals surface area (Å²) < 4.78 is 73.1. The van der Waals surface area contributed by atoms with Gasteiger partial charge in [-0.05, 0) is 56.6 Å². The van der Waals surface area contributed by atoms with Crippen LogP contribution in [0.1, 0.15) is 38.2 Å². The number of ether oxygens (including phenoxy) is 1. The van der Waals surface area contributed by atoms with Crippen LogP contribution in [0, 0.1) is 23.4 Å². The Hall–Kier alpha value is -1.85. The van der Waals surface area contributed by atoms with Crippen molar-refractivity contribution < 1.29 is 31.1 Å². The van der Waals surface area contributed by atoms with Crippen LogP contribution in [0.25, 0.3) is 0 Å². The number of carbonyl (C=O) groups is 1. The number of hydrogen-bond acceptors (Lipinski definition) is 5. The van der Waals surface area contributed by atoms with Gasteiger partial charge in [-0.25, -0.2) is 26.4 Å². The summed E-state index contributed by atoms with van der Waals surface area (Å²) in [5.74, 6) is -3.47. The minimum Gasteiger partial charge on any atom is -0.450 e. The maximum absolute atomic E-state index is 14.0. The molecule has 1 aromatic rings. The van der Waals surface area contributed by atoms with E-state index in [2.05, 4.69) is 0 Å². The Labute approximate surface area is 186 Å². The van der Waals surface area contributed by atoms with Crippen molar-refractivity contribution in [1.29, 1.82) is 0 Å². The predicted molar refractivity (Wildman–Crippen MR) is 113 cm³/mol. The molecule has 2 fully saturated rings. The van der Waals surface area contributed by atoms with Crippen molar-refractivity contribution in [3.05, 3.63) is 35.1 Å². The zero-order valence-corrected chi connectivity index (χ0v) is 19.1. The van der Waals surface area contributed by atoms with Crippen molar-refractivity contribution >= 4 is 16.1 Å². The van der Waals surface area contributed by atoms with Gasteiger partial charge in [0.15, 0.2) is 11.6 Å². The number of halogens is 3. The summed E-state index contributed by atoms with van der Waals surface area (Å²) in [6.45, 7) is 1.91. The van der Waals surface area contributed by atoms with Crippen LogP contribution in [-0.2, 0) is 21.2 Å². The zero-order chi connectivity index (χ0) is 23.6. The number of nitrogens with two attached hydrogens (primary N) is 1. The Morgan fingerprint density at radius 1 is 1.19 bits per heavy atom. The fourth-order valence-corrected chi connectivity index (χ4v) is 6.81. The first-order chi connectivity index (χ1) is 15.0. The Balaban J connectivity index is 1.62. The first-order valence-electron chi connectivity index (χ1n) is 10.8. The van der Waals surface area contributed by atoms with Crippen LogP contribution in [0.2, 0.25) is 0 Å². The maximum Gasteiger partial charge on any atom is 0.409 e. The van der Waals surface area contributed by atoms with Gasteiger partial charge in [-0.3, -0.25) is 0 Å². The predicted octanol–water partition coefficient (Wildman–Crippen LogP) is 2.63. The molecule has 2 saturated heterocycles. The van der Waals surface area contributed by atoms with Crippen LogP contribution in [0.4, 0.5) is 18.0 Å². The molecule has 1 unspecified atom stereocenters. The SMILES string of the molecule is CCOC(=O)N(C)CCS(=O)(=O)N1[C@@H]2CC[C@H]1C[C@H](C(N)Cc1cc(F)c(F)cc1F)C2. The van der Waals surface area contributed by atoms with Gasteiger partial charge in [0, 0.05) is 37.8 Å². The molecule has 0 spiro atoms.